The van der Waals surface area contributed by atoms with E-state index in [0.29, 0.717) is 13.0 Å². The maximum absolute atomic E-state index is 11.5. The fraction of sp³-hybridized carbons (Fsp3) is 0.500. The normalized spacial score (nSPS) is 11.7. The Balaban J connectivity index is 2.28. The average Bonchev–Trinajstić information content (AvgIpc) is 2.79. The number of hydrogen-bond acceptors (Lipinski definition) is 4. The molecule has 116 valence electrons. The molecule has 21 heavy (non-hydrogen) atoms. The van der Waals surface area contributed by atoms with E-state index in [1.165, 1.54) is 0 Å². The monoisotopic (exact) mass is 297 g/mol. The molecule has 0 saturated heterocycles. The molecule has 0 aliphatic carbocycles. The number of nitrogens with zero attached hydrogens (tertiary/aromatic N) is 1. The maximum atomic E-state index is 11.5. The molecule has 1 atom stereocenters. The van der Waals surface area contributed by atoms with Gasteiger partial charge in [-0.1, -0.05) is 0 Å². The van der Waals surface area contributed by atoms with E-state index >= 15 is 0 Å². The number of carboxylic acid groups (broad SMARTS) is 1. The smallest absolute Gasteiger partial charge is 0.326 e. The van der Waals surface area contributed by atoms with Crippen molar-refractivity contribution in [1.29, 1.82) is 0 Å². The van der Waals surface area contributed by atoms with Gasteiger partial charge in [-0.3, -0.25) is 9.89 Å². The number of aromatic nitrogens is 2. The molecular formula is C12H19N5O4. The Hall–Kier alpha value is -2.58. The van der Waals surface area contributed by atoms with Crippen molar-refractivity contribution in [2.45, 2.75) is 32.2 Å². The van der Waals surface area contributed by atoms with Gasteiger partial charge in [0.05, 0.1) is 12.6 Å². The summed E-state index contributed by atoms with van der Waals surface area (Å²) >= 11 is 0. The van der Waals surface area contributed by atoms with Gasteiger partial charge in [0.15, 0.2) is 0 Å². The second-order valence-electron chi connectivity index (χ2n) is 4.59. The van der Waals surface area contributed by atoms with E-state index in [1.807, 2.05) is 6.92 Å². The molecule has 3 amide bonds. The molecule has 0 spiro atoms. The number of H-pyrrole nitrogens is 1. The highest BCUT2D eigenvalue weighted by Crippen LogP contribution is 2.04. The largest absolute Gasteiger partial charge is 0.480 e. The standard InChI is InChI=1S/C12H19N5O4/c1-7-8(6-15-17-7)3-2-4-14-12(21)16-9(11(19)20)5-10(13)18/h6,9H,2-5H2,1H3,(H2,13,18)(H,15,17)(H,19,20)(H2,14,16,21)/t9-/m0/s1. The Kier molecular flexibility index (Phi) is 6.18. The van der Waals surface area contributed by atoms with Crippen LogP contribution in [0.5, 0.6) is 0 Å². The lowest BCUT2D eigenvalue weighted by Gasteiger charge is -2.13. The summed E-state index contributed by atoms with van der Waals surface area (Å²) < 4.78 is 0. The molecule has 1 rings (SSSR count). The first kappa shape index (κ1) is 16.5. The van der Waals surface area contributed by atoms with Crippen LogP contribution in [0.4, 0.5) is 4.79 Å². The summed E-state index contributed by atoms with van der Waals surface area (Å²) in [7, 11) is 0. The summed E-state index contributed by atoms with van der Waals surface area (Å²) in [6.07, 6.45) is 2.70. The zero-order valence-electron chi connectivity index (χ0n) is 11.7. The predicted octanol–water partition coefficient (Wildman–Crippen LogP) is -0.721. The lowest BCUT2D eigenvalue weighted by molar-refractivity contribution is -0.140. The van der Waals surface area contributed by atoms with Crippen LogP contribution in [-0.4, -0.2) is 45.8 Å². The van der Waals surface area contributed by atoms with Crippen LogP contribution in [0.15, 0.2) is 6.20 Å². The van der Waals surface area contributed by atoms with Crippen LogP contribution in [0.1, 0.15) is 24.1 Å². The molecule has 0 fully saturated rings. The van der Waals surface area contributed by atoms with Gasteiger partial charge in [0.1, 0.15) is 6.04 Å². The van der Waals surface area contributed by atoms with Gasteiger partial charge in [-0.2, -0.15) is 5.10 Å². The van der Waals surface area contributed by atoms with Crippen LogP contribution in [0, 0.1) is 6.92 Å². The number of carboxylic acids is 1. The molecule has 0 saturated carbocycles. The fourth-order valence-corrected chi connectivity index (χ4v) is 1.72. The minimum Gasteiger partial charge on any atom is -0.480 e. The number of nitrogens with one attached hydrogen (secondary N) is 3. The molecule has 0 bridgehead atoms. The molecule has 0 aromatic carbocycles. The van der Waals surface area contributed by atoms with E-state index in [9.17, 15) is 14.4 Å². The highest BCUT2D eigenvalue weighted by atomic mass is 16.4. The van der Waals surface area contributed by atoms with Crippen LogP contribution in [0.3, 0.4) is 0 Å². The van der Waals surface area contributed by atoms with Crippen molar-refractivity contribution in [2.24, 2.45) is 5.73 Å². The first-order valence-electron chi connectivity index (χ1n) is 6.44. The molecular weight excluding hydrogens is 278 g/mol. The average molecular weight is 297 g/mol. The predicted molar refractivity (Wildman–Crippen MR) is 73.4 cm³/mol. The third-order valence-electron chi connectivity index (χ3n) is 2.85. The lowest BCUT2D eigenvalue weighted by atomic mass is 10.1. The van der Waals surface area contributed by atoms with E-state index in [-0.39, 0.29) is 0 Å². The van der Waals surface area contributed by atoms with Crippen LogP contribution >= 0.6 is 0 Å². The van der Waals surface area contributed by atoms with Gasteiger partial charge in [-0.15, -0.1) is 0 Å². The van der Waals surface area contributed by atoms with Crippen LogP contribution in [0.25, 0.3) is 0 Å². The van der Waals surface area contributed by atoms with Crippen molar-refractivity contribution in [3.63, 3.8) is 0 Å². The zero-order chi connectivity index (χ0) is 15.8. The molecule has 9 nitrogen and oxygen atoms in total. The number of urea groups is 1. The number of amides is 3. The van der Waals surface area contributed by atoms with Crippen molar-refractivity contribution in [1.82, 2.24) is 20.8 Å². The number of carbonyl (C=O) groups excluding carboxylic acids is 2. The van der Waals surface area contributed by atoms with Crippen molar-refractivity contribution < 1.29 is 19.5 Å². The molecule has 0 radical (unpaired) electrons. The first-order chi connectivity index (χ1) is 9.90. The SMILES string of the molecule is Cc1[nH]ncc1CCCNC(=O)N[C@@H](CC(N)=O)C(=O)O. The van der Waals surface area contributed by atoms with E-state index in [2.05, 4.69) is 20.8 Å². The number of hydrogen-bond donors (Lipinski definition) is 5. The zero-order valence-corrected chi connectivity index (χ0v) is 11.7. The number of aryl methyl sites for hydroxylation is 2. The Morgan fingerprint density at radius 2 is 2.19 bits per heavy atom. The van der Waals surface area contributed by atoms with E-state index in [0.717, 1.165) is 17.7 Å². The summed E-state index contributed by atoms with van der Waals surface area (Å²) in [5.74, 6) is -2.10. The van der Waals surface area contributed by atoms with Gasteiger partial charge in [0, 0.05) is 12.2 Å². The molecule has 0 aliphatic heterocycles. The van der Waals surface area contributed by atoms with Gasteiger partial charge < -0.3 is 21.5 Å². The Labute approximate surface area is 121 Å². The lowest BCUT2D eigenvalue weighted by Crippen LogP contribution is -2.47. The van der Waals surface area contributed by atoms with Crippen molar-refractivity contribution >= 4 is 17.9 Å². The number of aliphatic carboxylic acids is 1. The molecule has 1 aromatic heterocycles. The topological polar surface area (TPSA) is 150 Å². The summed E-state index contributed by atoms with van der Waals surface area (Å²) in [5, 5.41) is 20.3. The molecule has 1 heterocycles. The number of nitrogens with two attached hydrogens (primary N) is 1. The molecule has 1 aromatic rings. The second kappa shape index (κ2) is 7.88. The maximum Gasteiger partial charge on any atom is 0.326 e. The Morgan fingerprint density at radius 3 is 2.71 bits per heavy atom. The molecule has 9 heteroatoms. The summed E-state index contributed by atoms with van der Waals surface area (Å²) in [6.45, 7) is 2.28. The Bertz CT molecular complexity index is 514. The highest BCUT2D eigenvalue weighted by Gasteiger charge is 2.21. The van der Waals surface area contributed by atoms with Crippen LogP contribution in [0.2, 0.25) is 0 Å². The number of rotatable bonds is 8. The summed E-state index contributed by atoms with van der Waals surface area (Å²) in [6, 6.07) is -1.97. The van der Waals surface area contributed by atoms with Gasteiger partial charge in [-0.05, 0) is 25.3 Å². The number of aromatic amines is 1. The quantitative estimate of drug-likeness (QED) is 0.401. The van der Waals surface area contributed by atoms with Crippen molar-refractivity contribution in [3.8, 4) is 0 Å². The van der Waals surface area contributed by atoms with Crippen LogP contribution in [-0.2, 0) is 16.0 Å². The highest BCUT2D eigenvalue weighted by molar-refractivity contribution is 5.87. The first-order valence-corrected chi connectivity index (χ1v) is 6.44. The van der Waals surface area contributed by atoms with Crippen molar-refractivity contribution in [2.75, 3.05) is 6.54 Å². The van der Waals surface area contributed by atoms with E-state index < -0.39 is 30.4 Å². The van der Waals surface area contributed by atoms with Gasteiger partial charge in [-0.25, -0.2) is 9.59 Å². The Morgan fingerprint density at radius 1 is 1.48 bits per heavy atom. The second-order valence-corrected chi connectivity index (χ2v) is 4.59. The molecule has 6 N–H and O–H groups in total. The van der Waals surface area contributed by atoms with Crippen LogP contribution < -0.4 is 16.4 Å². The fourth-order valence-electron chi connectivity index (χ4n) is 1.72. The molecule has 0 unspecified atom stereocenters. The van der Waals surface area contributed by atoms with Gasteiger partial charge in [0.2, 0.25) is 5.91 Å². The van der Waals surface area contributed by atoms with Gasteiger partial charge in [0.25, 0.3) is 0 Å². The van der Waals surface area contributed by atoms with E-state index in [4.69, 9.17) is 10.8 Å². The number of carbonyl (C=O) groups is 3. The third-order valence-corrected chi connectivity index (χ3v) is 2.85. The third kappa shape index (κ3) is 5.93. The van der Waals surface area contributed by atoms with E-state index in [1.54, 1.807) is 6.20 Å². The summed E-state index contributed by atoms with van der Waals surface area (Å²) in [5.41, 5.74) is 6.96. The summed E-state index contributed by atoms with van der Waals surface area (Å²) in [4.78, 5) is 33.0. The minimum atomic E-state index is -1.32. The molecule has 0 aliphatic rings. The number of primary amides is 1. The van der Waals surface area contributed by atoms with Crippen molar-refractivity contribution in [3.05, 3.63) is 17.5 Å². The minimum absolute atomic E-state index is 0.374. The van der Waals surface area contributed by atoms with Gasteiger partial charge >= 0.3 is 12.0 Å².